The topological polar surface area (TPSA) is 77.1 Å². The highest BCUT2D eigenvalue weighted by Crippen LogP contribution is 2.32. The van der Waals surface area contributed by atoms with Crippen molar-refractivity contribution in [1.29, 1.82) is 0 Å². The number of aryl methyl sites for hydroxylation is 1. The second-order valence-electron chi connectivity index (χ2n) is 7.29. The predicted octanol–water partition coefficient (Wildman–Crippen LogP) is 5.88. The number of aromatic nitrogens is 3. The fourth-order valence-corrected chi connectivity index (χ4v) is 3.73. The van der Waals surface area contributed by atoms with Gasteiger partial charge in [0.2, 0.25) is 0 Å². The lowest BCUT2D eigenvalue weighted by atomic mass is 10.0. The van der Waals surface area contributed by atoms with Crippen LogP contribution in [0.4, 0.5) is 10.1 Å². The van der Waals surface area contributed by atoms with Gasteiger partial charge in [-0.1, -0.05) is 42.5 Å². The van der Waals surface area contributed by atoms with E-state index in [1.807, 2.05) is 61.5 Å². The van der Waals surface area contributed by atoms with Crippen LogP contribution in [0.25, 0.3) is 22.2 Å². The first kappa shape index (κ1) is 18.8. The second-order valence-corrected chi connectivity index (χ2v) is 7.29. The van der Waals surface area contributed by atoms with Gasteiger partial charge in [-0.25, -0.2) is 14.4 Å². The van der Waals surface area contributed by atoms with E-state index in [0.717, 1.165) is 28.2 Å². The van der Waals surface area contributed by atoms with Crippen LogP contribution in [0.2, 0.25) is 0 Å². The quantitative estimate of drug-likeness (QED) is 0.324. The van der Waals surface area contributed by atoms with E-state index < -0.39 is 0 Å². The maximum absolute atomic E-state index is 13.7. The molecule has 5 rings (SSSR count). The van der Waals surface area contributed by atoms with Crippen LogP contribution >= 0.6 is 0 Å². The summed E-state index contributed by atoms with van der Waals surface area (Å²) in [6.45, 7) is 1.98. The van der Waals surface area contributed by atoms with Gasteiger partial charge in [0.25, 0.3) is 0 Å². The maximum atomic E-state index is 13.7. The van der Waals surface area contributed by atoms with Crippen LogP contribution in [-0.2, 0) is 0 Å². The number of fused-ring (bicyclic) bond motifs is 1. The SMILES string of the molecule is Cc1[nH]cnc1-c1ccc(N=C(c2ccccc2)c2c(O)[nH]c3cc(F)ccc23)cc1. The highest BCUT2D eigenvalue weighted by atomic mass is 19.1. The number of benzene rings is 3. The number of rotatable bonds is 4. The third-order valence-corrected chi connectivity index (χ3v) is 5.24. The first-order valence-electron chi connectivity index (χ1n) is 9.85. The van der Waals surface area contributed by atoms with Crippen LogP contribution in [0.3, 0.4) is 0 Å². The number of hydrogen-bond donors (Lipinski definition) is 3. The van der Waals surface area contributed by atoms with Crippen molar-refractivity contribution in [2.24, 2.45) is 4.99 Å². The molecule has 0 aliphatic heterocycles. The average Bonchev–Trinajstić information content (AvgIpc) is 3.35. The number of aromatic hydroxyl groups is 1. The molecule has 5 aromatic rings. The van der Waals surface area contributed by atoms with Gasteiger partial charge in [-0.2, -0.15) is 0 Å². The Morgan fingerprint density at radius 2 is 1.77 bits per heavy atom. The van der Waals surface area contributed by atoms with E-state index in [1.165, 1.54) is 12.1 Å². The minimum Gasteiger partial charge on any atom is -0.494 e. The summed E-state index contributed by atoms with van der Waals surface area (Å²) in [5.41, 5.74) is 6.10. The Labute approximate surface area is 178 Å². The Balaban J connectivity index is 1.66. The number of H-pyrrole nitrogens is 2. The van der Waals surface area contributed by atoms with Crippen LogP contribution in [0.15, 0.2) is 84.1 Å². The molecule has 0 bridgehead atoms. The third-order valence-electron chi connectivity index (χ3n) is 5.24. The van der Waals surface area contributed by atoms with E-state index in [9.17, 15) is 9.50 Å². The molecule has 2 heterocycles. The van der Waals surface area contributed by atoms with Crippen LogP contribution in [-0.4, -0.2) is 25.8 Å². The van der Waals surface area contributed by atoms with E-state index >= 15 is 0 Å². The molecule has 0 aliphatic rings. The van der Waals surface area contributed by atoms with Gasteiger partial charge in [0.1, 0.15) is 5.82 Å². The summed E-state index contributed by atoms with van der Waals surface area (Å²) in [5.74, 6) is -0.422. The highest BCUT2D eigenvalue weighted by Gasteiger charge is 2.19. The van der Waals surface area contributed by atoms with Gasteiger partial charge in [-0.15, -0.1) is 0 Å². The predicted molar refractivity (Wildman–Crippen MR) is 120 cm³/mol. The summed E-state index contributed by atoms with van der Waals surface area (Å²) in [7, 11) is 0. The smallest absolute Gasteiger partial charge is 0.199 e. The van der Waals surface area contributed by atoms with Gasteiger partial charge in [-0.3, -0.25) is 0 Å². The fourth-order valence-electron chi connectivity index (χ4n) is 3.73. The standard InChI is InChI=1S/C25H19FN4O/c1-15-23(28-14-27-15)17-7-10-19(11-8-17)29-24(16-5-3-2-4-6-16)22-20-12-9-18(26)13-21(20)30-25(22)31/h2-14,30-31H,1H3,(H,27,28). The Bertz CT molecular complexity index is 1400. The highest BCUT2D eigenvalue weighted by molar-refractivity contribution is 6.21. The normalized spacial score (nSPS) is 11.9. The molecule has 31 heavy (non-hydrogen) atoms. The molecule has 5 nitrogen and oxygen atoms in total. The minimum atomic E-state index is -0.372. The van der Waals surface area contributed by atoms with Crippen molar-refractivity contribution in [3.05, 3.63) is 102 Å². The molecule has 3 aromatic carbocycles. The van der Waals surface area contributed by atoms with E-state index in [-0.39, 0.29) is 11.7 Å². The monoisotopic (exact) mass is 410 g/mol. The molecule has 6 heteroatoms. The number of imidazole rings is 1. The Morgan fingerprint density at radius 1 is 1.00 bits per heavy atom. The largest absolute Gasteiger partial charge is 0.494 e. The zero-order valence-corrected chi connectivity index (χ0v) is 16.7. The third kappa shape index (κ3) is 3.48. The van der Waals surface area contributed by atoms with E-state index in [1.54, 1.807) is 12.4 Å². The molecule has 0 saturated heterocycles. The summed E-state index contributed by atoms with van der Waals surface area (Å²) >= 11 is 0. The Morgan fingerprint density at radius 3 is 2.48 bits per heavy atom. The van der Waals surface area contributed by atoms with Crippen LogP contribution in [0, 0.1) is 12.7 Å². The van der Waals surface area contributed by atoms with Crippen LogP contribution < -0.4 is 0 Å². The van der Waals surface area contributed by atoms with Crippen molar-refractivity contribution >= 4 is 22.3 Å². The number of nitrogens with zero attached hydrogens (tertiary/aromatic N) is 2. The second kappa shape index (κ2) is 7.57. The molecule has 0 unspecified atom stereocenters. The van der Waals surface area contributed by atoms with E-state index in [2.05, 4.69) is 15.0 Å². The van der Waals surface area contributed by atoms with Crippen molar-refractivity contribution in [3.63, 3.8) is 0 Å². The molecule has 0 spiro atoms. The number of aromatic amines is 2. The zero-order valence-electron chi connectivity index (χ0n) is 16.7. The van der Waals surface area contributed by atoms with Gasteiger partial charge >= 0.3 is 0 Å². The van der Waals surface area contributed by atoms with Crippen molar-refractivity contribution in [2.45, 2.75) is 6.92 Å². The lowest BCUT2D eigenvalue weighted by molar-refractivity contribution is 0.457. The molecular weight excluding hydrogens is 391 g/mol. The van der Waals surface area contributed by atoms with Crippen LogP contribution in [0.5, 0.6) is 5.88 Å². The summed E-state index contributed by atoms with van der Waals surface area (Å²) < 4.78 is 13.7. The lowest BCUT2D eigenvalue weighted by Crippen LogP contribution is -2.02. The van der Waals surface area contributed by atoms with Crippen molar-refractivity contribution in [1.82, 2.24) is 15.0 Å². The first-order chi connectivity index (χ1) is 15.1. The van der Waals surface area contributed by atoms with Gasteiger partial charge in [0.05, 0.1) is 34.5 Å². The van der Waals surface area contributed by atoms with Crippen LogP contribution in [0.1, 0.15) is 16.8 Å². The summed E-state index contributed by atoms with van der Waals surface area (Å²) in [4.78, 5) is 15.2. The minimum absolute atomic E-state index is 0.0491. The van der Waals surface area contributed by atoms with Gasteiger partial charge in [0.15, 0.2) is 5.88 Å². The Kier molecular flexibility index (Phi) is 4.59. The molecule has 0 saturated carbocycles. The Hall–Kier alpha value is -4.19. The number of halogens is 1. The zero-order chi connectivity index (χ0) is 21.4. The van der Waals surface area contributed by atoms with E-state index in [0.29, 0.717) is 22.2 Å². The van der Waals surface area contributed by atoms with Crippen molar-refractivity contribution in [2.75, 3.05) is 0 Å². The fraction of sp³-hybridized carbons (Fsp3) is 0.0400. The molecule has 0 amide bonds. The molecule has 0 fully saturated rings. The summed E-state index contributed by atoms with van der Waals surface area (Å²) in [6.07, 6.45) is 1.67. The molecule has 0 atom stereocenters. The maximum Gasteiger partial charge on any atom is 0.199 e. The molecule has 0 radical (unpaired) electrons. The number of nitrogens with one attached hydrogen (secondary N) is 2. The average molecular weight is 410 g/mol. The number of hydrogen-bond acceptors (Lipinski definition) is 3. The van der Waals surface area contributed by atoms with Crippen molar-refractivity contribution < 1.29 is 9.50 Å². The van der Waals surface area contributed by atoms with Gasteiger partial charge in [-0.05, 0) is 37.3 Å². The van der Waals surface area contributed by atoms with E-state index in [4.69, 9.17) is 4.99 Å². The van der Waals surface area contributed by atoms with Gasteiger partial charge in [0, 0.05) is 22.2 Å². The summed E-state index contributed by atoms with van der Waals surface area (Å²) in [6, 6.07) is 21.8. The lowest BCUT2D eigenvalue weighted by Gasteiger charge is -2.08. The number of aliphatic imine (C=N–C) groups is 1. The first-order valence-corrected chi connectivity index (χ1v) is 9.85. The molecule has 2 aromatic heterocycles. The molecule has 0 aliphatic carbocycles. The molecule has 152 valence electrons. The molecular formula is C25H19FN4O. The molecule has 3 N–H and O–H groups in total. The summed E-state index contributed by atoms with van der Waals surface area (Å²) in [5, 5.41) is 11.4. The van der Waals surface area contributed by atoms with Gasteiger partial charge < -0.3 is 15.1 Å². The van der Waals surface area contributed by atoms with Crippen molar-refractivity contribution in [3.8, 4) is 17.1 Å².